The van der Waals surface area contributed by atoms with Crippen molar-refractivity contribution in [3.63, 3.8) is 0 Å². The van der Waals surface area contributed by atoms with Crippen LogP contribution in [0.15, 0.2) is 42.5 Å². The summed E-state index contributed by atoms with van der Waals surface area (Å²) >= 11 is 6.08. The van der Waals surface area contributed by atoms with Crippen molar-refractivity contribution in [1.82, 2.24) is 5.32 Å². The van der Waals surface area contributed by atoms with Crippen molar-refractivity contribution in [2.24, 2.45) is 0 Å². The summed E-state index contributed by atoms with van der Waals surface area (Å²) in [6.07, 6.45) is -1.27. The molecule has 2 rings (SSSR count). The number of nitrogens with one attached hydrogen (secondary N) is 1. The summed E-state index contributed by atoms with van der Waals surface area (Å²) in [5.74, 6) is -1.51. The fourth-order valence-corrected chi connectivity index (χ4v) is 2.46. The van der Waals surface area contributed by atoms with Gasteiger partial charge in [-0.15, -0.1) is 0 Å². The summed E-state index contributed by atoms with van der Waals surface area (Å²) < 4.78 is 27.1. The molecule has 1 unspecified atom stereocenters. The lowest BCUT2D eigenvalue weighted by Crippen LogP contribution is -2.25. The van der Waals surface area contributed by atoms with Crippen LogP contribution in [0.4, 0.5) is 8.78 Å². The highest BCUT2D eigenvalue weighted by atomic mass is 35.5. The second kappa shape index (κ2) is 6.98. The highest BCUT2D eigenvalue weighted by Crippen LogP contribution is 2.24. The molecule has 2 atom stereocenters. The third-order valence-electron chi connectivity index (χ3n) is 3.32. The largest absolute Gasteiger partial charge is 0.387 e. The Hall–Kier alpha value is -1.49. The maximum atomic E-state index is 13.6. The molecule has 0 aromatic heterocycles. The van der Waals surface area contributed by atoms with Gasteiger partial charge in [0.1, 0.15) is 11.6 Å². The molecule has 0 fully saturated rings. The number of rotatable bonds is 5. The molecule has 0 bridgehead atoms. The van der Waals surface area contributed by atoms with Crippen molar-refractivity contribution < 1.29 is 13.9 Å². The zero-order chi connectivity index (χ0) is 15.4. The van der Waals surface area contributed by atoms with Gasteiger partial charge in [0.25, 0.3) is 0 Å². The average Bonchev–Trinajstić information content (AvgIpc) is 2.45. The van der Waals surface area contributed by atoms with E-state index in [4.69, 9.17) is 11.6 Å². The van der Waals surface area contributed by atoms with Crippen LogP contribution in [0.5, 0.6) is 0 Å². The Kier molecular flexibility index (Phi) is 5.28. The lowest BCUT2D eigenvalue weighted by atomic mass is 10.1. The highest BCUT2D eigenvalue weighted by Gasteiger charge is 2.18. The zero-order valence-electron chi connectivity index (χ0n) is 11.5. The first-order valence-electron chi connectivity index (χ1n) is 6.60. The summed E-state index contributed by atoms with van der Waals surface area (Å²) in [6.45, 7) is 1.88. The van der Waals surface area contributed by atoms with E-state index in [1.807, 2.05) is 25.1 Å². The highest BCUT2D eigenvalue weighted by molar-refractivity contribution is 6.31. The lowest BCUT2D eigenvalue weighted by Gasteiger charge is -2.19. The monoisotopic (exact) mass is 311 g/mol. The van der Waals surface area contributed by atoms with Crippen molar-refractivity contribution in [1.29, 1.82) is 0 Å². The Morgan fingerprint density at radius 3 is 2.33 bits per heavy atom. The maximum Gasteiger partial charge on any atom is 0.131 e. The first kappa shape index (κ1) is 15.9. The minimum absolute atomic E-state index is 0.0181. The molecule has 5 heteroatoms. The average molecular weight is 312 g/mol. The van der Waals surface area contributed by atoms with Gasteiger partial charge in [-0.25, -0.2) is 8.78 Å². The minimum atomic E-state index is -1.27. The van der Waals surface area contributed by atoms with Gasteiger partial charge in [0.05, 0.1) is 11.7 Å². The molecule has 0 saturated carbocycles. The van der Waals surface area contributed by atoms with Gasteiger partial charge in [-0.05, 0) is 30.7 Å². The Balaban J connectivity index is 2.04. The molecule has 0 amide bonds. The molecule has 0 aliphatic carbocycles. The minimum Gasteiger partial charge on any atom is -0.387 e. The third-order valence-corrected chi connectivity index (χ3v) is 3.67. The van der Waals surface area contributed by atoms with Crippen LogP contribution in [0, 0.1) is 11.6 Å². The van der Waals surface area contributed by atoms with Gasteiger partial charge < -0.3 is 10.4 Å². The van der Waals surface area contributed by atoms with Gasteiger partial charge in [0.15, 0.2) is 0 Å². The summed E-state index contributed by atoms with van der Waals surface area (Å²) in [4.78, 5) is 0. The number of benzene rings is 2. The van der Waals surface area contributed by atoms with Gasteiger partial charge in [0.2, 0.25) is 0 Å². The Bertz CT molecular complexity index is 601. The molecule has 0 heterocycles. The SMILES string of the molecule is C[C@H](NCC(O)c1c(F)cccc1F)c1ccccc1Cl. The van der Waals surface area contributed by atoms with E-state index in [9.17, 15) is 13.9 Å². The van der Waals surface area contributed by atoms with Crippen molar-refractivity contribution >= 4 is 11.6 Å². The third kappa shape index (κ3) is 3.79. The molecule has 112 valence electrons. The molecule has 0 spiro atoms. The van der Waals surface area contributed by atoms with E-state index in [0.29, 0.717) is 5.02 Å². The van der Waals surface area contributed by atoms with Crippen LogP contribution in [0.2, 0.25) is 5.02 Å². The van der Waals surface area contributed by atoms with E-state index >= 15 is 0 Å². The summed E-state index contributed by atoms with van der Waals surface area (Å²) in [5.41, 5.74) is 0.539. The van der Waals surface area contributed by atoms with E-state index < -0.39 is 17.7 Å². The van der Waals surface area contributed by atoms with E-state index in [0.717, 1.165) is 17.7 Å². The van der Waals surface area contributed by atoms with Gasteiger partial charge >= 0.3 is 0 Å². The molecular weight excluding hydrogens is 296 g/mol. The second-order valence-electron chi connectivity index (χ2n) is 4.80. The molecule has 0 aliphatic heterocycles. The predicted molar refractivity (Wildman–Crippen MR) is 79.2 cm³/mol. The second-order valence-corrected chi connectivity index (χ2v) is 5.21. The standard InChI is InChI=1S/C16H16ClF2NO/c1-10(11-5-2-3-6-12(11)17)20-9-15(21)16-13(18)7-4-8-14(16)19/h2-8,10,15,20-21H,9H2,1H3/t10-,15?/m0/s1. The molecule has 2 aromatic rings. The van der Waals surface area contributed by atoms with Crippen LogP contribution in [0.1, 0.15) is 30.2 Å². The van der Waals surface area contributed by atoms with Crippen LogP contribution in [0.25, 0.3) is 0 Å². The van der Waals surface area contributed by atoms with Gasteiger partial charge in [0, 0.05) is 17.6 Å². The fraction of sp³-hybridized carbons (Fsp3) is 0.250. The Morgan fingerprint density at radius 1 is 1.10 bits per heavy atom. The zero-order valence-corrected chi connectivity index (χ0v) is 12.2. The van der Waals surface area contributed by atoms with E-state index in [1.165, 1.54) is 6.07 Å². The number of aliphatic hydroxyl groups is 1. The smallest absolute Gasteiger partial charge is 0.131 e. The molecule has 2 nitrogen and oxygen atoms in total. The fourth-order valence-electron chi connectivity index (χ4n) is 2.16. The molecular formula is C16H16ClF2NO. The first-order valence-corrected chi connectivity index (χ1v) is 6.98. The molecule has 2 N–H and O–H groups in total. The van der Waals surface area contributed by atoms with E-state index in [1.54, 1.807) is 6.07 Å². The molecule has 0 radical (unpaired) electrons. The first-order chi connectivity index (χ1) is 10.0. The molecule has 0 aliphatic rings. The van der Waals surface area contributed by atoms with Crippen LogP contribution < -0.4 is 5.32 Å². The normalized spacial score (nSPS) is 14.0. The number of halogens is 3. The Morgan fingerprint density at radius 2 is 1.71 bits per heavy atom. The van der Waals surface area contributed by atoms with Gasteiger partial charge in [-0.3, -0.25) is 0 Å². The quantitative estimate of drug-likeness (QED) is 0.874. The maximum absolute atomic E-state index is 13.6. The summed E-state index contributed by atoms with van der Waals surface area (Å²) in [5, 5.41) is 13.6. The summed E-state index contributed by atoms with van der Waals surface area (Å²) in [6, 6.07) is 10.7. The molecule has 21 heavy (non-hydrogen) atoms. The summed E-state index contributed by atoms with van der Waals surface area (Å²) in [7, 11) is 0. The van der Waals surface area contributed by atoms with Crippen LogP contribution in [-0.4, -0.2) is 11.7 Å². The predicted octanol–water partition coefficient (Wildman–Crippen LogP) is 4.00. The van der Waals surface area contributed by atoms with E-state index in [2.05, 4.69) is 5.32 Å². The van der Waals surface area contributed by atoms with E-state index in [-0.39, 0.29) is 18.2 Å². The molecule has 0 saturated heterocycles. The Labute approximate surface area is 127 Å². The van der Waals surface area contributed by atoms with Crippen LogP contribution >= 0.6 is 11.6 Å². The topological polar surface area (TPSA) is 32.3 Å². The van der Waals surface area contributed by atoms with Gasteiger partial charge in [-0.2, -0.15) is 0 Å². The van der Waals surface area contributed by atoms with Crippen molar-refractivity contribution in [2.75, 3.05) is 6.54 Å². The lowest BCUT2D eigenvalue weighted by molar-refractivity contribution is 0.161. The molecule has 2 aromatic carbocycles. The van der Waals surface area contributed by atoms with Crippen molar-refractivity contribution in [3.05, 3.63) is 70.2 Å². The van der Waals surface area contributed by atoms with Crippen molar-refractivity contribution in [2.45, 2.75) is 19.1 Å². The van der Waals surface area contributed by atoms with Crippen molar-refractivity contribution in [3.8, 4) is 0 Å². The number of hydrogen-bond acceptors (Lipinski definition) is 2. The van der Waals surface area contributed by atoms with Gasteiger partial charge in [-0.1, -0.05) is 35.9 Å². The number of hydrogen-bond donors (Lipinski definition) is 2. The van der Waals surface area contributed by atoms with Crippen LogP contribution in [0.3, 0.4) is 0 Å². The number of aliphatic hydroxyl groups excluding tert-OH is 1. The van der Waals surface area contributed by atoms with Crippen LogP contribution in [-0.2, 0) is 0 Å².